The number of nitrogens with zero attached hydrogens (tertiary/aromatic N) is 2. The van der Waals surface area contributed by atoms with Gasteiger partial charge in [0.05, 0.1) is 6.04 Å². The summed E-state index contributed by atoms with van der Waals surface area (Å²) in [5.41, 5.74) is 0. The summed E-state index contributed by atoms with van der Waals surface area (Å²) < 4.78 is 0. The molecule has 2 fully saturated rings. The molecule has 2 saturated heterocycles. The zero-order valence-corrected chi connectivity index (χ0v) is 9.74. The van der Waals surface area contributed by atoms with E-state index in [2.05, 4.69) is 16.8 Å². The standard InChI is InChI=1S/C12H22N2O/c1-13-8-6-7-11(13)12(15)14-9-4-2-3-5-10-14/h11H,2-10H2,1H3. The second-order valence-electron chi connectivity index (χ2n) is 4.88. The van der Waals surface area contributed by atoms with E-state index in [1.54, 1.807) is 0 Å². The van der Waals surface area contributed by atoms with E-state index in [-0.39, 0.29) is 6.04 Å². The minimum Gasteiger partial charge on any atom is -0.341 e. The van der Waals surface area contributed by atoms with Crippen molar-refractivity contribution in [2.75, 3.05) is 26.7 Å². The zero-order valence-electron chi connectivity index (χ0n) is 9.74. The highest BCUT2D eigenvalue weighted by Gasteiger charge is 2.31. The molecule has 0 aliphatic carbocycles. The van der Waals surface area contributed by atoms with E-state index in [0.717, 1.165) is 26.1 Å². The van der Waals surface area contributed by atoms with Crippen LogP contribution in [0.25, 0.3) is 0 Å². The second kappa shape index (κ2) is 4.97. The lowest BCUT2D eigenvalue weighted by Gasteiger charge is -2.27. The molecule has 15 heavy (non-hydrogen) atoms. The van der Waals surface area contributed by atoms with Crippen LogP contribution in [-0.4, -0.2) is 48.4 Å². The molecule has 0 radical (unpaired) electrons. The van der Waals surface area contributed by atoms with Gasteiger partial charge < -0.3 is 4.90 Å². The van der Waals surface area contributed by atoms with Crippen molar-refractivity contribution in [2.24, 2.45) is 0 Å². The molecule has 0 aromatic heterocycles. The Labute approximate surface area is 92.4 Å². The van der Waals surface area contributed by atoms with E-state index in [4.69, 9.17) is 0 Å². The number of carbonyl (C=O) groups excluding carboxylic acids is 1. The van der Waals surface area contributed by atoms with Crippen molar-refractivity contribution in [3.63, 3.8) is 0 Å². The molecule has 2 heterocycles. The number of hydrogen-bond acceptors (Lipinski definition) is 2. The number of likely N-dealkylation sites (N-methyl/N-ethyl adjacent to an activating group) is 1. The molecule has 0 saturated carbocycles. The van der Waals surface area contributed by atoms with Gasteiger partial charge in [0.2, 0.25) is 5.91 Å². The van der Waals surface area contributed by atoms with E-state index >= 15 is 0 Å². The molecule has 3 nitrogen and oxygen atoms in total. The fourth-order valence-electron chi connectivity index (χ4n) is 2.72. The average Bonchev–Trinajstić information content (AvgIpc) is 2.53. The Hall–Kier alpha value is -0.570. The SMILES string of the molecule is CN1CCCC1C(=O)N1CCCCCC1. The van der Waals surface area contributed by atoms with Gasteiger partial charge in [-0.05, 0) is 39.3 Å². The number of amides is 1. The third-order valence-electron chi connectivity index (χ3n) is 3.72. The summed E-state index contributed by atoms with van der Waals surface area (Å²) in [6.45, 7) is 3.07. The lowest BCUT2D eigenvalue weighted by molar-refractivity contribution is -0.135. The van der Waals surface area contributed by atoms with Crippen molar-refractivity contribution in [3.8, 4) is 0 Å². The first-order valence-corrected chi connectivity index (χ1v) is 6.28. The Balaban J connectivity index is 1.93. The highest BCUT2D eigenvalue weighted by molar-refractivity contribution is 5.82. The third kappa shape index (κ3) is 2.51. The van der Waals surface area contributed by atoms with E-state index in [9.17, 15) is 4.79 Å². The molecule has 2 rings (SSSR count). The fraction of sp³-hybridized carbons (Fsp3) is 0.917. The molecule has 0 spiro atoms. The maximum Gasteiger partial charge on any atom is 0.239 e. The van der Waals surface area contributed by atoms with Crippen molar-refractivity contribution < 1.29 is 4.79 Å². The maximum absolute atomic E-state index is 12.2. The van der Waals surface area contributed by atoms with Gasteiger partial charge in [0.25, 0.3) is 0 Å². The van der Waals surface area contributed by atoms with Crippen LogP contribution < -0.4 is 0 Å². The van der Waals surface area contributed by atoms with E-state index in [1.165, 1.54) is 32.1 Å². The van der Waals surface area contributed by atoms with E-state index in [0.29, 0.717) is 5.91 Å². The van der Waals surface area contributed by atoms with Gasteiger partial charge in [0.1, 0.15) is 0 Å². The molecule has 0 bridgehead atoms. The van der Waals surface area contributed by atoms with Gasteiger partial charge in [-0.15, -0.1) is 0 Å². The van der Waals surface area contributed by atoms with Crippen molar-refractivity contribution >= 4 is 5.91 Å². The monoisotopic (exact) mass is 210 g/mol. The Morgan fingerprint density at radius 2 is 1.67 bits per heavy atom. The van der Waals surface area contributed by atoms with Gasteiger partial charge in [0, 0.05) is 13.1 Å². The first-order chi connectivity index (χ1) is 7.29. The van der Waals surface area contributed by atoms with Crippen LogP contribution in [0.1, 0.15) is 38.5 Å². The first-order valence-electron chi connectivity index (χ1n) is 6.28. The normalized spacial score (nSPS) is 29.1. The summed E-state index contributed by atoms with van der Waals surface area (Å²) in [6.07, 6.45) is 7.23. The van der Waals surface area contributed by atoms with Crippen LogP contribution in [0.5, 0.6) is 0 Å². The van der Waals surface area contributed by atoms with Crippen LogP contribution in [0, 0.1) is 0 Å². The van der Waals surface area contributed by atoms with Crippen LogP contribution in [0.3, 0.4) is 0 Å². The molecule has 2 aliphatic rings. The number of carbonyl (C=O) groups is 1. The highest BCUT2D eigenvalue weighted by Crippen LogP contribution is 2.19. The van der Waals surface area contributed by atoms with Gasteiger partial charge >= 0.3 is 0 Å². The predicted octanol–water partition coefficient (Wildman–Crippen LogP) is 1.48. The second-order valence-corrected chi connectivity index (χ2v) is 4.88. The topological polar surface area (TPSA) is 23.6 Å². The smallest absolute Gasteiger partial charge is 0.239 e. The Morgan fingerprint density at radius 3 is 2.20 bits per heavy atom. The van der Waals surface area contributed by atoms with Gasteiger partial charge in [0.15, 0.2) is 0 Å². The Bertz CT molecular complexity index is 222. The van der Waals surface area contributed by atoms with Crippen molar-refractivity contribution in [3.05, 3.63) is 0 Å². The van der Waals surface area contributed by atoms with Crippen molar-refractivity contribution in [1.82, 2.24) is 9.80 Å². The van der Waals surface area contributed by atoms with Gasteiger partial charge in [-0.25, -0.2) is 0 Å². The summed E-state index contributed by atoms with van der Waals surface area (Å²) in [6, 6.07) is 0.183. The summed E-state index contributed by atoms with van der Waals surface area (Å²) in [5, 5.41) is 0. The minimum absolute atomic E-state index is 0.183. The molecule has 2 aliphatic heterocycles. The van der Waals surface area contributed by atoms with Crippen LogP contribution in [-0.2, 0) is 4.79 Å². The van der Waals surface area contributed by atoms with Crippen LogP contribution in [0.15, 0.2) is 0 Å². The number of likely N-dealkylation sites (tertiary alicyclic amines) is 2. The lowest BCUT2D eigenvalue weighted by Crippen LogP contribution is -2.44. The lowest BCUT2D eigenvalue weighted by atomic mass is 10.2. The molecule has 86 valence electrons. The molecule has 0 aromatic rings. The van der Waals surface area contributed by atoms with E-state index in [1.807, 2.05) is 0 Å². The summed E-state index contributed by atoms with van der Waals surface area (Å²) in [7, 11) is 2.08. The molecule has 1 amide bonds. The van der Waals surface area contributed by atoms with Crippen molar-refractivity contribution in [1.29, 1.82) is 0 Å². The first kappa shape index (κ1) is 10.9. The van der Waals surface area contributed by atoms with Crippen LogP contribution >= 0.6 is 0 Å². The molecular weight excluding hydrogens is 188 g/mol. The Kier molecular flexibility index (Phi) is 3.62. The van der Waals surface area contributed by atoms with Gasteiger partial charge in [-0.1, -0.05) is 12.8 Å². The summed E-state index contributed by atoms with van der Waals surface area (Å²) >= 11 is 0. The van der Waals surface area contributed by atoms with Gasteiger partial charge in [-0.2, -0.15) is 0 Å². The van der Waals surface area contributed by atoms with E-state index < -0.39 is 0 Å². The molecule has 0 aromatic carbocycles. The predicted molar refractivity (Wildman–Crippen MR) is 60.7 cm³/mol. The van der Waals surface area contributed by atoms with Crippen molar-refractivity contribution in [2.45, 2.75) is 44.6 Å². The third-order valence-corrected chi connectivity index (χ3v) is 3.72. The maximum atomic E-state index is 12.2. The van der Waals surface area contributed by atoms with Gasteiger partial charge in [-0.3, -0.25) is 9.69 Å². The molecule has 1 atom stereocenters. The minimum atomic E-state index is 0.183. The number of hydrogen-bond donors (Lipinski definition) is 0. The quantitative estimate of drug-likeness (QED) is 0.654. The molecule has 1 unspecified atom stereocenters. The zero-order chi connectivity index (χ0) is 10.7. The van der Waals surface area contributed by atoms with Crippen LogP contribution in [0.4, 0.5) is 0 Å². The summed E-state index contributed by atoms with van der Waals surface area (Å²) in [4.78, 5) is 16.6. The fourth-order valence-corrected chi connectivity index (χ4v) is 2.72. The molecule has 0 N–H and O–H groups in total. The molecule has 3 heteroatoms. The Morgan fingerprint density at radius 1 is 1.00 bits per heavy atom. The average molecular weight is 210 g/mol. The highest BCUT2D eigenvalue weighted by atomic mass is 16.2. The molecular formula is C12H22N2O. The summed E-state index contributed by atoms with van der Waals surface area (Å²) in [5.74, 6) is 0.386. The largest absolute Gasteiger partial charge is 0.341 e. The van der Waals surface area contributed by atoms with Crippen LogP contribution in [0.2, 0.25) is 0 Å². The number of rotatable bonds is 1.